The molecular weight excluding hydrogens is 368 g/mol. The van der Waals surface area contributed by atoms with Crippen LogP contribution in [0.5, 0.6) is 11.5 Å². The van der Waals surface area contributed by atoms with Crippen LogP contribution in [0, 0.1) is 0 Å². The molecule has 4 rings (SSSR count). The zero-order valence-electron chi connectivity index (χ0n) is 17.2. The second-order valence-electron chi connectivity index (χ2n) is 8.24. The normalized spacial score (nSPS) is 13.7. The number of ether oxygens (including phenoxy) is 2. The second-order valence-corrected chi connectivity index (χ2v) is 8.24. The lowest BCUT2D eigenvalue weighted by atomic mass is 9.84. The first-order chi connectivity index (χ1) is 13.8. The molecule has 7 nitrogen and oxygen atoms in total. The fourth-order valence-corrected chi connectivity index (χ4v) is 3.41. The van der Waals surface area contributed by atoms with Crippen LogP contribution in [0.25, 0.3) is 11.0 Å². The molecule has 7 heteroatoms. The van der Waals surface area contributed by atoms with Gasteiger partial charge in [-0.15, -0.1) is 0 Å². The van der Waals surface area contributed by atoms with Gasteiger partial charge in [0.2, 0.25) is 0 Å². The van der Waals surface area contributed by atoms with E-state index in [1.54, 1.807) is 12.4 Å². The molecular formula is C22H26N4O3. The molecule has 0 saturated carbocycles. The molecule has 29 heavy (non-hydrogen) atoms. The smallest absolute Gasteiger partial charge is 0.252 e. The summed E-state index contributed by atoms with van der Waals surface area (Å²) in [5.74, 6) is 1.37. The largest absolute Gasteiger partial charge is 0.486 e. The second kappa shape index (κ2) is 7.39. The number of carbonyl (C=O) groups excluding carboxylic acids is 1. The first-order valence-corrected chi connectivity index (χ1v) is 9.87. The number of amides is 1. The van der Waals surface area contributed by atoms with Gasteiger partial charge >= 0.3 is 0 Å². The van der Waals surface area contributed by atoms with Crippen molar-refractivity contribution < 1.29 is 14.3 Å². The lowest BCUT2D eigenvalue weighted by Crippen LogP contribution is -2.36. The third kappa shape index (κ3) is 3.77. The van der Waals surface area contributed by atoms with Crippen LogP contribution in [-0.2, 0) is 5.41 Å². The summed E-state index contributed by atoms with van der Waals surface area (Å²) < 4.78 is 13.1. The Bertz CT molecular complexity index is 1060. The lowest BCUT2D eigenvalue weighted by molar-refractivity contribution is 0.0945. The molecule has 0 spiro atoms. The van der Waals surface area contributed by atoms with Crippen LogP contribution in [0.15, 0.2) is 36.7 Å². The molecule has 0 aliphatic carbocycles. The minimum atomic E-state index is -0.272. The molecule has 0 atom stereocenters. The first kappa shape index (κ1) is 19.2. The van der Waals surface area contributed by atoms with Gasteiger partial charge in [-0.05, 0) is 37.6 Å². The third-order valence-electron chi connectivity index (χ3n) is 5.20. The minimum absolute atomic E-state index is 0.151. The number of benzene rings is 1. The van der Waals surface area contributed by atoms with Gasteiger partial charge in [0.1, 0.15) is 13.2 Å². The maximum absolute atomic E-state index is 12.7. The molecule has 3 heterocycles. The Kier molecular flexibility index (Phi) is 4.90. The maximum atomic E-state index is 12.7. The van der Waals surface area contributed by atoms with Crippen molar-refractivity contribution in [2.75, 3.05) is 19.8 Å². The van der Waals surface area contributed by atoms with Gasteiger partial charge in [-0.25, -0.2) is 9.67 Å². The molecule has 152 valence electrons. The predicted molar refractivity (Wildman–Crippen MR) is 111 cm³/mol. The topological polar surface area (TPSA) is 78.3 Å². The zero-order valence-corrected chi connectivity index (χ0v) is 17.2. The number of aromatic nitrogens is 3. The van der Waals surface area contributed by atoms with Gasteiger partial charge in [0.25, 0.3) is 5.91 Å². The molecule has 2 aromatic heterocycles. The predicted octanol–water partition coefficient (Wildman–Crippen LogP) is 3.49. The van der Waals surface area contributed by atoms with Crippen LogP contribution in [-0.4, -0.2) is 40.4 Å². The summed E-state index contributed by atoms with van der Waals surface area (Å²) in [6.45, 7) is 9.88. The van der Waals surface area contributed by atoms with Crippen LogP contribution in [0.2, 0.25) is 0 Å². The summed E-state index contributed by atoms with van der Waals surface area (Å²) in [5, 5.41) is 8.25. The highest BCUT2D eigenvalue weighted by Crippen LogP contribution is 2.35. The lowest BCUT2D eigenvalue weighted by Gasteiger charge is -2.27. The minimum Gasteiger partial charge on any atom is -0.486 e. The van der Waals surface area contributed by atoms with Crippen molar-refractivity contribution in [3.8, 4) is 11.5 Å². The molecule has 0 unspecified atom stereocenters. The average Bonchev–Trinajstić information content (AvgIpc) is 3.15. The van der Waals surface area contributed by atoms with E-state index in [1.807, 2.05) is 28.9 Å². The van der Waals surface area contributed by atoms with Crippen LogP contribution in [0.3, 0.4) is 0 Å². The van der Waals surface area contributed by atoms with Crippen molar-refractivity contribution in [1.82, 2.24) is 20.1 Å². The van der Waals surface area contributed by atoms with E-state index in [0.29, 0.717) is 25.3 Å². The van der Waals surface area contributed by atoms with E-state index < -0.39 is 0 Å². The van der Waals surface area contributed by atoms with Crippen molar-refractivity contribution >= 4 is 16.9 Å². The van der Waals surface area contributed by atoms with Gasteiger partial charge in [-0.1, -0.05) is 19.9 Å². The summed E-state index contributed by atoms with van der Waals surface area (Å²) in [6, 6.07) is 7.99. The Hall–Kier alpha value is -3.09. The Labute approximate surface area is 170 Å². The molecule has 0 bridgehead atoms. The summed E-state index contributed by atoms with van der Waals surface area (Å²) >= 11 is 0. The zero-order chi connectivity index (χ0) is 20.6. The first-order valence-electron chi connectivity index (χ1n) is 9.87. The fraction of sp³-hybridized carbons (Fsp3) is 0.409. The third-order valence-corrected chi connectivity index (χ3v) is 5.20. The quantitative estimate of drug-likeness (QED) is 0.717. The van der Waals surface area contributed by atoms with Crippen LogP contribution in [0.4, 0.5) is 0 Å². The standard InChI is InChI=1S/C22H26N4O3/c1-14(2)26-20-15(12-25-26)9-16(11-23-20)21(27)24-13-22(3,4)17-5-6-18-19(10-17)29-8-7-28-18/h5-6,9-12,14H,7-8,13H2,1-4H3,(H,24,27). The molecule has 1 amide bonds. The highest BCUT2D eigenvalue weighted by atomic mass is 16.6. The molecule has 1 aliphatic rings. The highest BCUT2D eigenvalue weighted by molar-refractivity contribution is 5.96. The highest BCUT2D eigenvalue weighted by Gasteiger charge is 2.24. The number of fused-ring (bicyclic) bond motifs is 2. The summed E-state index contributed by atoms with van der Waals surface area (Å²) in [7, 11) is 0. The Balaban J connectivity index is 1.48. The number of pyridine rings is 1. The molecule has 3 aromatic rings. The number of nitrogens with one attached hydrogen (secondary N) is 1. The van der Waals surface area contributed by atoms with E-state index in [1.165, 1.54) is 0 Å². The number of hydrogen-bond acceptors (Lipinski definition) is 5. The fourth-order valence-electron chi connectivity index (χ4n) is 3.41. The van der Waals surface area contributed by atoms with Crippen molar-refractivity contribution in [3.63, 3.8) is 0 Å². The van der Waals surface area contributed by atoms with Crippen LogP contribution >= 0.6 is 0 Å². The Morgan fingerprint density at radius 3 is 2.69 bits per heavy atom. The average molecular weight is 394 g/mol. The van der Waals surface area contributed by atoms with E-state index >= 15 is 0 Å². The molecule has 1 aromatic carbocycles. The van der Waals surface area contributed by atoms with Gasteiger partial charge in [-0.2, -0.15) is 5.10 Å². The van der Waals surface area contributed by atoms with Gasteiger partial charge in [0, 0.05) is 29.6 Å². The van der Waals surface area contributed by atoms with E-state index in [2.05, 4.69) is 43.1 Å². The maximum Gasteiger partial charge on any atom is 0.252 e. The Morgan fingerprint density at radius 1 is 1.17 bits per heavy atom. The summed E-state index contributed by atoms with van der Waals surface area (Å²) in [4.78, 5) is 17.2. The van der Waals surface area contributed by atoms with E-state index in [9.17, 15) is 4.79 Å². The van der Waals surface area contributed by atoms with Gasteiger partial charge in [-0.3, -0.25) is 4.79 Å². The number of carbonyl (C=O) groups is 1. The van der Waals surface area contributed by atoms with Crippen molar-refractivity contribution in [2.45, 2.75) is 39.2 Å². The van der Waals surface area contributed by atoms with E-state index in [4.69, 9.17) is 9.47 Å². The Morgan fingerprint density at radius 2 is 1.93 bits per heavy atom. The van der Waals surface area contributed by atoms with Crippen LogP contribution in [0.1, 0.15) is 49.7 Å². The van der Waals surface area contributed by atoms with Crippen molar-refractivity contribution in [3.05, 3.63) is 47.8 Å². The molecule has 1 aliphatic heterocycles. The van der Waals surface area contributed by atoms with Gasteiger partial charge < -0.3 is 14.8 Å². The number of nitrogens with zero attached hydrogens (tertiary/aromatic N) is 3. The summed E-state index contributed by atoms with van der Waals surface area (Å²) in [6.07, 6.45) is 3.35. The van der Waals surface area contributed by atoms with Gasteiger partial charge in [0.15, 0.2) is 17.1 Å². The van der Waals surface area contributed by atoms with Crippen molar-refractivity contribution in [2.24, 2.45) is 0 Å². The molecule has 0 fully saturated rings. The summed E-state index contributed by atoms with van der Waals surface area (Å²) in [5.41, 5.74) is 2.12. The van der Waals surface area contributed by atoms with E-state index in [-0.39, 0.29) is 17.4 Å². The van der Waals surface area contributed by atoms with Crippen molar-refractivity contribution in [1.29, 1.82) is 0 Å². The van der Waals surface area contributed by atoms with E-state index in [0.717, 1.165) is 28.1 Å². The van der Waals surface area contributed by atoms with Crippen LogP contribution < -0.4 is 14.8 Å². The monoisotopic (exact) mass is 394 g/mol. The molecule has 1 N–H and O–H groups in total. The molecule has 0 radical (unpaired) electrons. The number of hydrogen-bond donors (Lipinski definition) is 1. The molecule has 0 saturated heterocycles. The number of rotatable bonds is 5. The van der Waals surface area contributed by atoms with Gasteiger partial charge in [0.05, 0.1) is 11.8 Å². The SMILES string of the molecule is CC(C)n1ncc2cc(C(=O)NCC(C)(C)c3ccc4c(c3)OCCO4)cnc21.